The van der Waals surface area contributed by atoms with Gasteiger partial charge < -0.3 is 34.6 Å². The second kappa shape index (κ2) is 14.2. The van der Waals surface area contributed by atoms with Crippen LogP contribution >= 0.6 is 0 Å². The lowest BCUT2D eigenvalue weighted by Crippen LogP contribution is -2.58. The molecule has 1 saturated heterocycles. The maximum atomic E-state index is 13.6. The van der Waals surface area contributed by atoms with Crippen molar-refractivity contribution in [2.45, 2.75) is 65.4 Å². The van der Waals surface area contributed by atoms with E-state index in [9.17, 15) is 19.2 Å². The van der Waals surface area contributed by atoms with Gasteiger partial charge in [0, 0.05) is 51.2 Å². The zero-order valence-electron chi connectivity index (χ0n) is 24.7. The van der Waals surface area contributed by atoms with E-state index < -0.39 is 6.04 Å². The minimum absolute atomic E-state index is 0.113. The summed E-state index contributed by atoms with van der Waals surface area (Å²) in [6.07, 6.45) is 0.222. The average molecular weight is 581 g/mol. The Morgan fingerprint density at radius 3 is 2.69 bits per heavy atom. The predicted molar refractivity (Wildman–Crippen MR) is 155 cm³/mol. The molecule has 2 aliphatic rings. The highest BCUT2D eigenvalue weighted by atomic mass is 16.5. The number of hydrogen-bond acceptors (Lipinski definition) is 7. The maximum absolute atomic E-state index is 13.6. The van der Waals surface area contributed by atoms with Crippen molar-refractivity contribution in [1.82, 2.24) is 20.4 Å². The van der Waals surface area contributed by atoms with Crippen LogP contribution in [0.1, 0.15) is 56.5 Å². The van der Waals surface area contributed by atoms with Gasteiger partial charge in [-0.3, -0.25) is 19.2 Å². The van der Waals surface area contributed by atoms with Gasteiger partial charge in [-0.1, -0.05) is 12.1 Å². The summed E-state index contributed by atoms with van der Waals surface area (Å²) in [6, 6.07) is 12.1. The monoisotopic (exact) mass is 580 g/mol. The molecule has 0 radical (unpaired) electrons. The number of piperidine rings is 1. The second-order valence-electron chi connectivity index (χ2n) is 10.8. The molecule has 11 heteroatoms. The Labute approximate surface area is 246 Å². The molecule has 4 bridgehead atoms. The molecular weight excluding hydrogens is 540 g/mol. The number of benzene rings is 2. The number of likely N-dealkylation sites (tertiary alicyclic amines) is 1. The number of nitrogens with one attached hydrogen (secondary N) is 2. The molecule has 2 aromatic carbocycles. The van der Waals surface area contributed by atoms with Crippen molar-refractivity contribution < 1.29 is 33.4 Å². The molecule has 2 heterocycles. The molecule has 226 valence electrons. The first-order chi connectivity index (χ1) is 20.1. The van der Waals surface area contributed by atoms with Crippen LogP contribution in [-0.2, 0) is 25.7 Å². The number of amides is 4. The van der Waals surface area contributed by atoms with Gasteiger partial charge in [-0.2, -0.15) is 0 Å². The molecule has 0 unspecified atom stereocenters. The molecule has 11 nitrogen and oxygen atoms in total. The van der Waals surface area contributed by atoms with E-state index in [1.807, 2.05) is 45.0 Å². The number of carbonyl (C=O) groups is 4. The first kappa shape index (κ1) is 30.8. The Hall–Kier alpha value is -4.12. The summed E-state index contributed by atoms with van der Waals surface area (Å²) >= 11 is 0. The Morgan fingerprint density at radius 2 is 1.95 bits per heavy atom. The van der Waals surface area contributed by atoms with Crippen molar-refractivity contribution in [1.29, 1.82) is 0 Å². The van der Waals surface area contributed by atoms with Crippen molar-refractivity contribution in [3.63, 3.8) is 0 Å². The number of rotatable bonds is 6. The molecule has 2 aliphatic heterocycles. The Balaban J connectivity index is 1.61. The fourth-order valence-corrected chi connectivity index (χ4v) is 5.07. The summed E-state index contributed by atoms with van der Waals surface area (Å²) in [5.74, 6) is 0.520. The van der Waals surface area contributed by atoms with E-state index >= 15 is 0 Å². The van der Waals surface area contributed by atoms with Crippen molar-refractivity contribution in [2.24, 2.45) is 0 Å². The van der Waals surface area contributed by atoms with E-state index in [1.165, 1.54) is 11.8 Å². The van der Waals surface area contributed by atoms with E-state index in [1.54, 1.807) is 23.1 Å². The van der Waals surface area contributed by atoms with Crippen LogP contribution < -0.4 is 20.1 Å². The maximum Gasteiger partial charge on any atom is 0.254 e. The summed E-state index contributed by atoms with van der Waals surface area (Å²) in [5, 5.41) is 5.67. The van der Waals surface area contributed by atoms with E-state index in [0.717, 1.165) is 5.56 Å². The third-order valence-corrected chi connectivity index (χ3v) is 7.06. The lowest BCUT2D eigenvalue weighted by Gasteiger charge is -2.39. The second-order valence-corrected chi connectivity index (χ2v) is 10.8. The van der Waals surface area contributed by atoms with Crippen molar-refractivity contribution in [3.05, 3.63) is 53.6 Å². The lowest BCUT2D eigenvalue weighted by atomic mass is 10.0. The topological polar surface area (TPSA) is 127 Å². The zero-order chi connectivity index (χ0) is 30.2. The van der Waals surface area contributed by atoms with Crippen LogP contribution in [0.3, 0.4) is 0 Å². The van der Waals surface area contributed by atoms with Crippen LogP contribution in [0, 0.1) is 0 Å². The Bertz CT molecular complexity index is 1300. The molecular formula is C31H40N4O7. The van der Waals surface area contributed by atoms with E-state index in [2.05, 4.69) is 10.6 Å². The average Bonchev–Trinajstić information content (AvgIpc) is 2.94. The third kappa shape index (κ3) is 8.45. The molecule has 0 spiro atoms. The molecule has 2 atom stereocenters. The number of likely N-dealkylation sites (N-methyl/N-ethyl adjacent to an activating group) is 1. The molecule has 4 rings (SSSR count). The van der Waals surface area contributed by atoms with E-state index in [-0.39, 0.29) is 68.5 Å². The van der Waals surface area contributed by atoms with Gasteiger partial charge in [-0.15, -0.1) is 0 Å². The van der Waals surface area contributed by atoms with Gasteiger partial charge in [0.05, 0.1) is 31.4 Å². The molecule has 42 heavy (non-hydrogen) atoms. The van der Waals surface area contributed by atoms with Crippen molar-refractivity contribution >= 4 is 23.6 Å². The van der Waals surface area contributed by atoms with Crippen molar-refractivity contribution in [3.8, 4) is 17.2 Å². The summed E-state index contributed by atoms with van der Waals surface area (Å²) in [5.41, 5.74) is 1.22. The Kier molecular flexibility index (Phi) is 10.4. The fraction of sp³-hybridized carbons (Fsp3) is 0.484. The van der Waals surface area contributed by atoms with Crippen molar-refractivity contribution in [2.75, 3.05) is 32.7 Å². The van der Waals surface area contributed by atoms with Gasteiger partial charge in [0.1, 0.15) is 17.2 Å². The standard InChI is InChI=1S/C31H40N4O7/c1-5-34-18-29(37)33-27-17-35(30(38)9-11-32-21(4)36)12-10-28(27)40-19-22-7-6-8-24(13-22)42-26-15-23(31(34)39)14-25(16-26)41-20(2)3/h6-8,13-16,20,27-28H,5,9-12,17-19H2,1-4H3,(H,32,36)(H,33,37)/t27-,28-/m0/s1. The quantitative estimate of drug-likeness (QED) is 0.538. The summed E-state index contributed by atoms with van der Waals surface area (Å²) < 4.78 is 18.3. The van der Waals surface area contributed by atoms with Crippen LogP contribution in [0.25, 0.3) is 0 Å². The molecule has 4 amide bonds. The predicted octanol–water partition coefficient (Wildman–Crippen LogP) is 2.87. The fourth-order valence-electron chi connectivity index (χ4n) is 5.07. The van der Waals surface area contributed by atoms with Crippen LogP contribution in [0.15, 0.2) is 42.5 Å². The zero-order valence-corrected chi connectivity index (χ0v) is 24.7. The van der Waals surface area contributed by atoms with Gasteiger partial charge >= 0.3 is 0 Å². The number of fused-ring (bicyclic) bond motifs is 5. The van der Waals surface area contributed by atoms with E-state index in [0.29, 0.717) is 42.3 Å². The third-order valence-electron chi connectivity index (χ3n) is 7.06. The smallest absolute Gasteiger partial charge is 0.254 e. The highest BCUT2D eigenvalue weighted by Gasteiger charge is 2.34. The molecule has 1 fully saturated rings. The van der Waals surface area contributed by atoms with Crippen LogP contribution in [0.5, 0.6) is 17.2 Å². The lowest BCUT2D eigenvalue weighted by molar-refractivity contribution is -0.137. The summed E-state index contributed by atoms with van der Waals surface area (Å²) in [4.78, 5) is 54.1. The van der Waals surface area contributed by atoms with Gasteiger partial charge in [0.25, 0.3) is 5.91 Å². The molecule has 2 N–H and O–H groups in total. The molecule has 0 aliphatic carbocycles. The number of hydrogen-bond donors (Lipinski definition) is 2. The minimum Gasteiger partial charge on any atom is -0.491 e. The molecule has 0 saturated carbocycles. The first-order valence-corrected chi connectivity index (χ1v) is 14.4. The normalized spacial score (nSPS) is 19.5. The van der Waals surface area contributed by atoms with Crippen LogP contribution in [-0.4, -0.2) is 84.4 Å². The highest BCUT2D eigenvalue weighted by Crippen LogP contribution is 2.30. The van der Waals surface area contributed by atoms with E-state index in [4.69, 9.17) is 14.2 Å². The highest BCUT2D eigenvalue weighted by molar-refractivity contribution is 5.97. The molecule has 0 aromatic heterocycles. The van der Waals surface area contributed by atoms with Gasteiger partial charge in [0.2, 0.25) is 17.7 Å². The van der Waals surface area contributed by atoms with Gasteiger partial charge in [0.15, 0.2) is 0 Å². The van der Waals surface area contributed by atoms with Crippen LogP contribution in [0.4, 0.5) is 0 Å². The number of ether oxygens (including phenoxy) is 3. The summed E-state index contributed by atoms with van der Waals surface area (Å²) in [7, 11) is 0. The minimum atomic E-state index is -0.480. The largest absolute Gasteiger partial charge is 0.491 e. The molecule has 2 aromatic rings. The first-order valence-electron chi connectivity index (χ1n) is 14.4. The number of nitrogens with zero attached hydrogens (tertiary/aromatic N) is 2. The SMILES string of the molecule is CCN1CC(=O)N[C@H]2CN(C(=O)CCNC(C)=O)CC[C@@H]2OCc2cccc(c2)Oc2cc(OC(C)C)cc(c2)C1=O. The number of carbonyl (C=O) groups excluding carboxylic acids is 4. The van der Waals surface area contributed by atoms with Crippen LogP contribution in [0.2, 0.25) is 0 Å². The Morgan fingerprint density at radius 1 is 1.14 bits per heavy atom. The van der Waals surface area contributed by atoms with Gasteiger partial charge in [-0.25, -0.2) is 0 Å². The summed E-state index contributed by atoms with van der Waals surface area (Å²) in [6.45, 7) is 8.41. The van der Waals surface area contributed by atoms with Gasteiger partial charge in [-0.05, 0) is 57.0 Å².